The number of nitrogens with two attached hydrogens (primary N) is 1. The average molecular weight is 588 g/mol. The van der Waals surface area contributed by atoms with Crippen molar-refractivity contribution in [1.82, 2.24) is 14.3 Å². The molecular formula is C27H28Cl2N6O3S. The van der Waals surface area contributed by atoms with Crippen molar-refractivity contribution in [1.29, 1.82) is 5.41 Å². The lowest BCUT2D eigenvalue weighted by Crippen LogP contribution is -2.34. The molecule has 0 atom stereocenters. The van der Waals surface area contributed by atoms with Crippen molar-refractivity contribution >= 4 is 45.7 Å². The lowest BCUT2D eigenvalue weighted by Gasteiger charge is -2.17. The maximum atomic E-state index is 13.5. The summed E-state index contributed by atoms with van der Waals surface area (Å²) in [4.78, 5) is 17.7. The van der Waals surface area contributed by atoms with Crippen LogP contribution in [-0.2, 0) is 28.9 Å². The predicted octanol–water partition coefficient (Wildman–Crippen LogP) is 4.00. The number of sulfonamides is 1. The Bertz CT molecular complexity index is 1580. The van der Waals surface area contributed by atoms with Gasteiger partial charge in [0, 0.05) is 24.2 Å². The van der Waals surface area contributed by atoms with Crippen LogP contribution >= 0.6 is 24.0 Å². The quantitative estimate of drug-likeness (QED) is 0.154. The van der Waals surface area contributed by atoms with Crippen LogP contribution in [0.2, 0.25) is 5.15 Å². The first-order chi connectivity index (χ1) is 18.2. The third kappa shape index (κ3) is 7.90. The standard InChI is InChI=1S/C27H27ClN6O3S.ClH/c28-24-23(21-9-5-2-6-10-21)34(27(35)26(33-24)31-16-15-19-7-3-1-4-8-19)18-38(36,37)32-17-20-11-13-22(14-12-20)25(29)30;/h1-14,32H,15-18H2,(H3,29,30)(H,31,33);1H. The third-order valence-corrected chi connectivity index (χ3v) is 7.23. The van der Waals surface area contributed by atoms with Crippen LogP contribution in [-0.4, -0.2) is 30.3 Å². The average Bonchev–Trinajstić information content (AvgIpc) is 2.91. The van der Waals surface area contributed by atoms with Gasteiger partial charge < -0.3 is 11.1 Å². The van der Waals surface area contributed by atoms with E-state index in [1.54, 1.807) is 48.5 Å². The highest BCUT2D eigenvalue weighted by Crippen LogP contribution is 2.26. The molecule has 0 radical (unpaired) electrons. The molecule has 0 aliphatic rings. The second-order valence-corrected chi connectivity index (χ2v) is 10.7. The summed E-state index contributed by atoms with van der Waals surface area (Å²) in [6, 6.07) is 25.2. The lowest BCUT2D eigenvalue weighted by atomic mass is 10.1. The topological polar surface area (TPSA) is 143 Å². The molecule has 5 N–H and O–H groups in total. The monoisotopic (exact) mass is 586 g/mol. The number of halogens is 2. The van der Waals surface area contributed by atoms with Crippen LogP contribution in [0.15, 0.2) is 89.7 Å². The summed E-state index contributed by atoms with van der Waals surface area (Å²) < 4.78 is 29.8. The number of benzene rings is 3. The van der Waals surface area contributed by atoms with Crippen LogP contribution in [0.3, 0.4) is 0 Å². The minimum Gasteiger partial charge on any atom is -0.384 e. The van der Waals surface area contributed by atoms with E-state index < -0.39 is 21.5 Å². The summed E-state index contributed by atoms with van der Waals surface area (Å²) in [6.07, 6.45) is 0.641. The Labute approximate surface area is 238 Å². The molecule has 0 bridgehead atoms. The van der Waals surface area contributed by atoms with E-state index in [0.717, 1.165) is 10.1 Å². The second-order valence-electron chi connectivity index (χ2n) is 8.54. The maximum absolute atomic E-state index is 13.5. The highest BCUT2D eigenvalue weighted by atomic mass is 35.5. The van der Waals surface area contributed by atoms with E-state index in [2.05, 4.69) is 15.0 Å². The summed E-state index contributed by atoms with van der Waals surface area (Å²) in [5.74, 6) is -0.759. The Morgan fingerprint density at radius 2 is 1.56 bits per heavy atom. The Balaban J connectivity index is 0.00000420. The van der Waals surface area contributed by atoms with Crippen molar-refractivity contribution in [2.24, 2.45) is 5.73 Å². The molecule has 0 saturated heterocycles. The zero-order valence-corrected chi connectivity index (χ0v) is 23.2. The Morgan fingerprint density at radius 3 is 2.18 bits per heavy atom. The van der Waals surface area contributed by atoms with E-state index in [1.807, 2.05) is 36.4 Å². The predicted molar refractivity (Wildman–Crippen MR) is 158 cm³/mol. The zero-order valence-electron chi connectivity index (χ0n) is 20.8. The lowest BCUT2D eigenvalue weighted by molar-refractivity contribution is 0.567. The zero-order chi connectivity index (χ0) is 27.1. The van der Waals surface area contributed by atoms with Gasteiger partial charge in [-0.15, -0.1) is 12.4 Å². The Hall–Kier alpha value is -3.70. The van der Waals surface area contributed by atoms with Crippen molar-refractivity contribution in [2.75, 3.05) is 11.9 Å². The summed E-state index contributed by atoms with van der Waals surface area (Å²) >= 11 is 6.53. The number of nitrogens with zero attached hydrogens (tertiary/aromatic N) is 2. The minimum atomic E-state index is -3.98. The normalized spacial score (nSPS) is 11.0. The molecule has 0 spiro atoms. The second kappa shape index (κ2) is 13.4. The first-order valence-corrected chi connectivity index (χ1v) is 13.8. The van der Waals surface area contributed by atoms with Gasteiger partial charge in [0.2, 0.25) is 10.0 Å². The highest BCUT2D eigenvalue weighted by Gasteiger charge is 2.22. The number of amidine groups is 1. The number of aromatic nitrogens is 2. The molecular weight excluding hydrogens is 559 g/mol. The van der Waals surface area contributed by atoms with Crippen molar-refractivity contribution in [2.45, 2.75) is 18.8 Å². The smallest absolute Gasteiger partial charge is 0.294 e. The van der Waals surface area contributed by atoms with E-state index >= 15 is 0 Å². The van der Waals surface area contributed by atoms with Gasteiger partial charge >= 0.3 is 0 Å². The van der Waals surface area contributed by atoms with Crippen molar-refractivity contribution in [3.8, 4) is 11.3 Å². The fourth-order valence-electron chi connectivity index (χ4n) is 3.83. The number of anilines is 1. The van der Waals surface area contributed by atoms with Crippen LogP contribution in [0, 0.1) is 5.41 Å². The molecule has 12 heteroatoms. The first kappa shape index (κ1) is 29.9. The van der Waals surface area contributed by atoms with E-state index in [4.69, 9.17) is 22.7 Å². The number of nitrogens with one attached hydrogen (secondary N) is 3. The molecule has 0 unspecified atom stereocenters. The summed E-state index contributed by atoms with van der Waals surface area (Å²) in [5, 5.41) is 10.5. The van der Waals surface area contributed by atoms with E-state index in [0.29, 0.717) is 29.7 Å². The SMILES string of the molecule is Cl.N=C(N)c1ccc(CNS(=O)(=O)Cn2c(-c3ccccc3)c(Cl)nc(NCCc3ccccc3)c2=O)cc1. The molecule has 3 aromatic carbocycles. The largest absolute Gasteiger partial charge is 0.384 e. The molecule has 0 saturated carbocycles. The van der Waals surface area contributed by atoms with Gasteiger partial charge in [-0.25, -0.2) is 18.1 Å². The van der Waals surface area contributed by atoms with Crippen LogP contribution in [0.1, 0.15) is 16.7 Å². The molecule has 204 valence electrons. The summed E-state index contributed by atoms with van der Waals surface area (Å²) in [6.45, 7) is 0.408. The van der Waals surface area contributed by atoms with Gasteiger partial charge in [-0.2, -0.15) is 0 Å². The van der Waals surface area contributed by atoms with Crippen LogP contribution in [0.5, 0.6) is 0 Å². The third-order valence-electron chi connectivity index (χ3n) is 5.78. The molecule has 0 fully saturated rings. The first-order valence-electron chi connectivity index (χ1n) is 11.8. The summed E-state index contributed by atoms with van der Waals surface area (Å²) in [7, 11) is -3.98. The minimum absolute atomic E-state index is 0. The van der Waals surface area contributed by atoms with Gasteiger partial charge in [0.15, 0.2) is 11.0 Å². The Morgan fingerprint density at radius 1 is 0.949 bits per heavy atom. The number of hydrogen-bond donors (Lipinski definition) is 4. The van der Waals surface area contributed by atoms with Gasteiger partial charge in [-0.1, -0.05) is 96.5 Å². The van der Waals surface area contributed by atoms with Crippen molar-refractivity contribution < 1.29 is 8.42 Å². The van der Waals surface area contributed by atoms with Crippen molar-refractivity contribution in [3.63, 3.8) is 0 Å². The van der Waals surface area contributed by atoms with Crippen LogP contribution < -0.4 is 21.3 Å². The fourth-order valence-corrected chi connectivity index (χ4v) is 5.19. The maximum Gasteiger partial charge on any atom is 0.294 e. The van der Waals surface area contributed by atoms with Crippen LogP contribution in [0.25, 0.3) is 11.3 Å². The van der Waals surface area contributed by atoms with Gasteiger partial charge in [-0.3, -0.25) is 14.8 Å². The molecule has 39 heavy (non-hydrogen) atoms. The van der Waals surface area contributed by atoms with Crippen LogP contribution in [0.4, 0.5) is 5.82 Å². The molecule has 1 heterocycles. The Kier molecular flexibility index (Phi) is 10.2. The molecule has 0 aliphatic heterocycles. The molecule has 4 aromatic rings. The number of rotatable bonds is 11. The molecule has 1 aromatic heterocycles. The van der Waals surface area contributed by atoms with E-state index in [9.17, 15) is 13.2 Å². The summed E-state index contributed by atoms with van der Waals surface area (Å²) in [5.41, 5.74) is 7.93. The van der Waals surface area contributed by atoms with Gasteiger partial charge in [0.05, 0.1) is 5.69 Å². The number of hydrogen-bond acceptors (Lipinski definition) is 6. The highest BCUT2D eigenvalue weighted by molar-refractivity contribution is 7.88. The van der Waals surface area contributed by atoms with Gasteiger partial charge in [-0.05, 0) is 17.5 Å². The molecule has 9 nitrogen and oxygen atoms in total. The van der Waals surface area contributed by atoms with Crippen molar-refractivity contribution in [3.05, 3.63) is 117 Å². The molecule has 0 amide bonds. The van der Waals surface area contributed by atoms with E-state index in [-0.39, 0.29) is 41.5 Å². The number of nitrogen functional groups attached to an aromatic ring is 1. The van der Waals surface area contributed by atoms with Gasteiger partial charge in [0.1, 0.15) is 11.7 Å². The van der Waals surface area contributed by atoms with E-state index in [1.165, 1.54) is 0 Å². The molecule has 0 aliphatic carbocycles. The van der Waals surface area contributed by atoms with Gasteiger partial charge in [0.25, 0.3) is 5.56 Å². The molecule has 4 rings (SSSR count). The fraction of sp³-hybridized carbons (Fsp3) is 0.148.